The molecule has 0 spiro atoms. The van der Waals surface area contributed by atoms with Crippen LogP contribution in [0.4, 0.5) is 0 Å². The zero-order valence-electron chi connectivity index (χ0n) is 16.8. The van der Waals surface area contributed by atoms with E-state index in [4.69, 9.17) is 22.3 Å². The molecule has 0 aliphatic heterocycles. The minimum absolute atomic E-state index is 0.0898. The standard InChI is InChI=1S/C16H31N7O5S2/c1-30-6-4-9(17)13(25)23-10(3-2-5-20-16(18)19)14(26)21-7-12(24)22-11(8-29)15(27)28/h9-11,29H,2-8,17H2,1H3,(H,21,26)(H,22,24)(H,23,25)(H,27,28)(H4,18,19,20). The Labute approximate surface area is 184 Å². The molecule has 10 N–H and O–H groups in total. The molecular formula is C16H31N7O5S2. The molecule has 0 aromatic rings. The van der Waals surface area contributed by atoms with Gasteiger partial charge in [-0.2, -0.15) is 24.4 Å². The van der Waals surface area contributed by atoms with Gasteiger partial charge in [-0.05, 0) is 31.3 Å². The van der Waals surface area contributed by atoms with E-state index in [9.17, 15) is 19.2 Å². The number of aliphatic imine (C=N–C) groups is 1. The van der Waals surface area contributed by atoms with Crippen molar-refractivity contribution in [2.24, 2.45) is 22.2 Å². The number of thiol groups is 1. The number of nitrogens with two attached hydrogens (primary N) is 3. The maximum Gasteiger partial charge on any atom is 0.327 e. The van der Waals surface area contributed by atoms with E-state index in [0.29, 0.717) is 18.6 Å². The number of guanidine groups is 1. The second kappa shape index (κ2) is 15.6. The molecule has 172 valence electrons. The lowest BCUT2D eigenvalue weighted by atomic mass is 10.1. The lowest BCUT2D eigenvalue weighted by molar-refractivity contribution is -0.141. The molecule has 0 fully saturated rings. The average molecular weight is 466 g/mol. The van der Waals surface area contributed by atoms with Crippen molar-refractivity contribution in [1.29, 1.82) is 0 Å². The number of hydrogen-bond acceptors (Lipinski definition) is 8. The number of rotatable bonds is 15. The molecule has 3 amide bonds. The monoisotopic (exact) mass is 465 g/mol. The van der Waals surface area contributed by atoms with Crippen LogP contribution in [0.5, 0.6) is 0 Å². The number of nitrogens with zero attached hydrogens (tertiary/aromatic N) is 1. The van der Waals surface area contributed by atoms with Gasteiger partial charge < -0.3 is 38.3 Å². The Morgan fingerprint density at radius 3 is 2.30 bits per heavy atom. The summed E-state index contributed by atoms with van der Waals surface area (Å²) in [6.45, 7) is -0.210. The molecule has 0 radical (unpaired) electrons. The first-order valence-electron chi connectivity index (χ1n) is 9.13. The number of carboxylic acid groups (broad SMARTS) is 1. The number of carboxylic acids is 1. The van der Waals surface area contributed by atoms with E-state index < -0.39 is 48.4 Å². The quantitative estimate of drug-likeness (QED) is 0.0542. The average Bonchev–Trinajstić information content (AvgIpc) is 2.69. The number of thioether (sulfide) groups is 1. The lowest BCUT2D eigenvalue weighted by Gasteiger charge is -2.20. The molecular weight excluding hydrogens is 434 g/mol. The highest BCUT2D eigenvalue weighted by Crippen LogP contribution is 2.03. The van der Waals surface area contributed by atoms with E-state index in [0.717, 1.165) is 0 Å². The van der Waals surface area contributed by atoms with Gasteiger partial charge in [-0.1, -0.05) is 0 Å². The SMILES string of the molecule is CSCCC(N)C(=O)NC(CCCN=C(N)N)C(=O)NCC(=O)NC(CS)C(=O)O. The largest absolute Gasteiger partial charge is 0.480 e. The Morgan fingerprint density at radius 2 is 1.77 bits per heavy atom. The molecule has 0 aromatic carbocycles. The fraction of sp³-hybridized carbons (Fsp3) is 0.688. The molecule has 0 aromatic heterocycles. The van der Waals surface area contributed by atoms with Crippen LogP contribution in [0.2, 0.25) is 0 Å². The van der Waals surface area contributed by atoms with Crippen molar-refractivity contribution in [3.8, 4) is 0 Å². The predicted octanol–water partition coefficient (Wildman–Crippen LogP) is -2.78. The number of carbonyl (C=O) groups excluding carboxylic acids is 3. The van der Waals surface area contributed by atoms with Crippen LogP contribution >= 0.6 is 24.4 Å². The summed E-state index contributed by atoms with van der Waals surface area (Å²) in [4.78, 5) is 51.3. The van der Waals surface area contributed by atoms with Crippen LogP contribution in [0, 0.1) is 0 Å². The predicted molar refractivity (Wildman–Crippen MR) is 119 cm³/mol. The maximum atomic E-state index is 12.5. The molecule has 0 heterocycles. The van der Waals surface area contributed by atoms with Crippen molar-refractivity contribution in [2.75, 3.05) is 30.9 Å². The number of nitrogens with one attached hydrogen (secondary N) is 3. The van der Waals surface area contributed by atoms with Gasteiger partial charge in [-0.25, -0.2) is 4.79 Å². The Kier molecular flexibility index (Phi) is 14.5. The van der Waals surface area contributed by atoms with E-state index in [-0.39, 0.29) is 24.7 Å². The first-order valence-corrected chi connectivity index (χ1v) is 11.2. The fourth-order valence-electron chi connectivity index (χ4n) is 2.15. The third-order valence-electron chi connectivity index (χ3n) is 3.79. The highest BCUT2D eigenvalue weighted by molar-refractivity contribution is 7.98. The minimum Gasteiger partial charge on any atom is -0.480 e. The van der Waals surface area contributed by atoms with Crippen molar-refractivity contribution in [2.45, 2.75) is 37.4 Å². The van der Waals surface area contributed by atoms with Gasteiger partial charge in [0, 0.05) is 12.3 Å². The van der Waals surface area contributed by atoms with Crippen molar-refractivity contribution < 1.29 is 24.3 Å². The van der Waals surface area contributed by atoms with Crippen LogP contribution in [0.15, 0.2) is 4.99 Å². The molecule has 14 heteroatoms. The summed E-state index contributed by atoms with van der Waals surface area (Å²) in [5.74, 6) is -2.55. The highest BCUT2D eigenvalue weighted by Gasteiger charge is 2.24. The van der Waals surface area contributed by atoms with Crippen molar-refractivity contribution in [3.63, 3.8) is 0 Å². The second-order valence-corrected chi connectivity index (χ2v) is 7.61. The number of carbonyl (C=O) groups is 4. The van der Waals surface area contributed by atoms with E-state index in [2.05, 4.69) is 33.6 Å². The molecule has 3 atom stereocenters. The molecule has 30 heavy (non-hydrogen) atoms. The summed E-state index contributed by atoms with van der Waals surface area (Å²) in [5.41, 5.74) is 16.3. The second-order valence-electron chi connectivity index (χ2n) is 6.26. The van der Waals surface area contributed by atoms with Gasteiger partial charge in [0.15, 0.2) is 5.96 Å². The maximum absolute atomic E-state index is 12.5. The normalized spacial score (nSPS) is 13.4. The number of aliphatic carboxylic acids is 1. The van der Waals surface area contributed by atoms with Crippen molar-refractivity contribution in [1.82, 2.24) is 16.0 Å². The molecule has 0 aliphatic rings. The Balaban J connectivity index is 4.86. The molecule has 0 saturated heterocycles. The minimum atomic E-state index is -1.24. The van der Waals surface area contributed by atoms with E-state index in [1.54, 1.807) is 11.8 Å². The van der Waals surface area contributed by atoms with E-state index in [1.165, 1.54) is 0 Å². The molecule has 3 unspecified atom stereocenters. The zero-order chi connectivity index (χ0) is 23.1. The Bertz CT molecular complexity index is 617. The fourth-order valence-corrected chi connectivity index (χ4v) is 2.89. The first-order chi connectivity index (χ1) is 14.1. The lowest BCUT2D eigenvalue weighted by Crippen LogP contribution is -2.53. The van der Waals surface area contributed by atoms with Gasteiger partial charge >= 0.3 is 5.97 Å². The Hall–Kier alpha value is -2.19. The van der Waals surface area contributed by atoms with Gasteiger partial charge in [-0.3, -0.25) is 19.4 Å². The summed E-state index contributed by atoms with van der Waals surface area (Å²) in [7, 11) is 0. The van der Waals surface area contributed by atoms with Crippen LogP contribution in [-0.2, 0) is 19.2 Å². The van der Waals surface area contributed by atoms with Crippen LogP contribution in [0.3, 0.4) is 0 Å². The smallest absolute Gasteiger partial charge is 0.327 e. The van der Waals surface area contributed by atoms with E-state index >= 15 is 0 Å². The summed E-state index contributed by atoms with van der Waals surface area (Å²) < 4.78 is 0. The number of hydrogen-bond donors (Lipinski definition) is 8. The van der Waals surface area contributed by atoms with Gasteiger partial charge in [0.05, 0.1) is 12.6 Å². The summed E-state index contributed by atoms with van der Waals surface area (Å²) >= 11 is 5.38. The van der Waals surface area contributed by atoms with Gasteiger partial charge in [0.25, 0.3) is 0 Å². The topological polar surface area (TPSA) is 215 Å². The summed E-state index contributed by atoms with van der Waals surface area (Å²) in [6.07, 6.45) is 2.93. The number of amides is 3. The van der Waals surface area contributed by atoms with Crippen LogP contribution < -0.4 is 33.2 Å². The van der Waals surface area contributed by atoms with E-state index in [1.807, 2.05) is 6.26 Å². The zero-order valence-corrected chi connectivity index (χ0v) is 18.5. The van der Waals surface area contributed by atoms with Crippen molar-refractivity contribution in [3.05, 3.63) is 0 Å². The van der Waals surface area contributed by atoms with Gasteiger partial charge in [0.1, 0.15) is 12.1 Å². The third kappa shape index (κ3) is 12.4. The summed E-state index contributed by atoms with van der Waals surface area (Å²) in [5, 5.41) is 16.1. The molecule has 12 nitrogen and oxygen atoms in total. The Morgan fingerprint density at radius 1 is 1.10 bits per heavy atom. The molecule has 0 bridgehead atoms. The third-order valence-corrected chi connectivity index (χ3v) is 4.80. The first kappa shape index (κ1) is 27.8. The van der Waals surface area contributed by atoms with Crippen LogP contribution in [-0.4, -0.2) is 83.7 Å². The van der Waals surface area contributed by atoms with Crippen LogP contribution in [0.1, 0.15) is 19.3 Å². The molecule has 0 aliphatic carbocycles. The summed E-state index contributed by atoms with van der Waals surface area (Å²) in [6, 6.07) is -2.91. The van der Waals surface area contributed by atoms with Gasteiger partial charge in [-0.15, -0.1) is 0 Å². The highest BCUT2D eigenvalue weighted by atomic mass is 32.2. The van der Waals surface area contributed by atoms with Crippen molar-refractivity contribution >= 4 is 54.0 Å². The van der Waals surface area contributed by atoms with Crippen LogP contribution in [0.25, 0.3) is 0 Å². The van der Waals surface area contributed by atoms with Gasteiger partial charge in [0.2, 0.25) is 17.7 Å². The molecule has 0 rings (SSSR count). The molecule has 0 saturated carbocycles.